The number of fused-ring (bicyclic) bond motifs is 1. The number of aliphatic hydroxyl groups is 1. The normalized spacial score (nSPS) is 14.3. The van der Waals surface area contributed by atoms with Crippen LogP contribution in [0.4, 0.5) is 0 Å². The molecule has 7 nitrogen and oxygen atoms in total. The van der Waals surface area contributed by atoms with Gasteiger partial charge in [0.15, 0.2) is 0 Å². The van der Waals surface area contributed by atoms with Gasteiger partial charge >= 0.3 is 0 Å². The average Bonchev–Trinajstić information content (AvgIpc) is 3.41. The molecule has 4 rings (SSSR count). The summed E-state index contributed by atoms with van der Waals surface area (Å²) in [5, 5.41) is 14.7. The molecule has 0 saturated carbocycles. The molecule has 1 amide bonds. The zero-order valence-electron chi connectivity index (χ0n) is 18.9. The van der Waals surface area contributed by atoms with Gasteiger partial charge in [0.1, 0.15) is 23.7 Å². The van der Waals surface area contributed by atoms with Crippen molar-refractivity contribution in [1.82, 2.24) is 10.6 Å². The summed E-state index contributed by atoms with van der Waals surface area (Å²) in [6.07, 6.45) is 0.950. The predicted molar refractivity (Wildman–Crippen MR) is 123 cm³/mol. The maximum atomic E-state index is 12.7. The van der Waals surface area contributed by atoms with E-state index in [9.17, 15) is 4.79 Å². The Morgan fingerprint density at radius 2 is 1.94 bits per heavy atom. The second kappa shape index (κ2) is 15.1. The Balaban J connectivity index is 0.000000790. The first-order valence-electron chi connectivity index (χ1n) is 10.4. The first-order chi connectivity index (χ1) is 15.1. The molecule has 1 unspecified atom stereocenters. The molecule has 1 aliphatic heterocycles. The summed E-state index contributed by atoms with van der Waals surface area (Å²) in [4.78, 5) is 12.7. The van der Waals surface area contributed by atoms with Crippen LogP contribution in [0.25, 0.3) is 16.7 Å². The van der Waals surface area contributed by atoms with Crippen LogP contribution in [0.3, 0.4) is 0 Å². The van der Waals surface area contributed by atoms with Gasteiger partial charge < -0.3 is 30.6 Å². The Hall–Kier alpha value is -1.82. The first kappa shape index (κ1) is 28.2. The van der Waals surface area contributed by atoms with E-state index in [1.54, 1.807) is 6.92 Å². The van der Waals surface area contributed by atoms with Crippen LogP contribution < -0.4 is 15.4 Å². The number of nitrogens with one attached hydrogen (secondary N) is 3. The number of rotatable bonds is 5. The van der Waals surface area contributed by atoms with Crippen molar-refractivity contribution in [2.24, 2.45) is 0 Å². The average molecular weight is 665 g/mol. The molecular formula is C24H32N3O4U-. The molecule has 0 bridgehead atoms. The van der Waals surface area contributed by atoms with Crippen molar-refractivity contribution in [3.05, 3.63) is 71.2 Å². The number of aliphatic hydroxyl groups excluding tert-OH is 1. The van der Waals surface area contributed by atoms with Crippen LogP contribution in [0.5, 0.6) is 5.75 Å². The summed E-state index contributed by atoms with van der Waals surface area (Å²) >= 11 is 0. The van der Waals surface area contributed by atoms with Crippen molar-refractivity contribution in [2.45, 2.75) is 32.9 Å². The van der Waals surface area contributed by atoms with Crippen LogP contribution in [-0.2, 0) is 6.61 Å². The van der Waals surface area contributed by atoms with Gasteiger partial charge in [0.05, 0.1) is 5.56 Å². The standard InChI is InChI=1S/C21H22N2O3.C2H6O.CH4N.U/c1-14-20(21(24)23-16-9-10-22-12-16)18-11-17(7-8-19(18)26-14)25-13-15-5-3-2-4-6-15;1-2-3;1-2;/h2-8,11,16,22H,9-10,12-13H2,1H3,(H,23,24);3H,2H2,1H3;2H,1H3;/q;;-1;. The van der Waals surface area contributed by atoms with Gasteiger partial charge in [-0.25, -0.2) is 0 Å². The number of benzene rings is 2. The summed E-state index contributed by atoms with van der Waals surface area (Å²) in [6.45, 7) is 5.99. The molecule has 2 heterocycles. The number of ether oxygens (including phenoxy) is 1. The molecular weight excluding hydrogens is 632 g/mol. The van der Waals surface area contributed by atoms with Gasteiger partial charge in [0, 0.05) is 55.7 Å². The van der Waals surface area contributed by atoms with Gasteiger partial charge in [0.2, 0.25) is 0 Å². The number of carbonyl (C=O) groups excluding carboxylic acids is 1. The first-order valence-corrected chi connectivity index (χ1v) is 10.4. The van der Waals surface area contributed by atoms with Crippen molar-refractivity contribution in [2.75, 3.05) is 26.7 Å². The number of aryl methyl sites for hydroxylation is 1. The van der Waals surface area contributed by atoms with Crippen LogP contribution >= 0.6 is 0 Å². The Morgan fingerprint density at radius 1 is 1.25 bits per heavy atom. The molecule has 1 saturated heterocycles. The quantitative estimate of drug-likeness (QED) is 0.382. The minimum absolute atomic E-state index is 0. The minimum Gasteiger partial charge on any atom is -0.680 e. The third kappa shape index (κ3) is 7.95. The molecule has 0 aliphatic carbocycles. The van der Waals surface area contributed by atoms with Crippen LogP contribution in [0.15, 0.2) is 52.9 Å². The molecule has 8 heteroatoms. The van der Waals surface area contributed by atoms with E-state index >= 15 is 0 Å². The van der Waals surface area contributed by atoms with Gasteiger partial charge in [-0.1, -0.05) is 30.3 Å². The summed E-state index contributed by atoms with van der Waals surface area (Å²) in [5.74, 6) is 1.26. The number of hydrogen-bond acceptors (Lipinski definition) is 5. The molecule has 1 aliphatic rings. The molecule has 2 aromatic carbocycles. The second-order valence-electron chi connectivity index (χ2n) is 6.94. The predicted octanol–water partition coefficient (Wildman–Crippen LogP) is 4.08. The molecule has 1 aromatic heterocycles. The summed E-state index contributed by atoms with van der Waals surface area (Å²) < 4.78 is 11.7. The van der Waals surface area contributed by atoms with E-state index in [-0.39, 0.29) is 49.7 Å². The Labute approximate surface area is 213 Å². The molecule has 1 atom stereocenters. The third-order valence-corrected chi connectivity index (χ3v) is 4.71. The Bertz CT molecular complexity index is 941. The van der Waals surface area contributed by atoms with E-state index in [4.69, 9.17) is 20.0 Å². The fraction of sp³-hybridized carbons (Fsp3) is 0.375. The zero-order valence-corrected chi connectivity index (χ0v) is 23.1. The molecule has 32 heavy (non-hydrogen) atoms. The van der Waals surface area contributed by atoms with Crippen LogP contribution in [0.1, 0.15) is 35.0 Å². The van der Waals surface area contributed by atoms with Gasteiger partial charge in [0.25, 0.3) is 5.91 Å². The van der Waals surface area contributed by atoms with E-state index < -0.39 is 0 Å². The molecule has 0 radical (unpaired) electrons. The van der Waals surface area contributed by atoms with E-state index in [1.165, 1.54) is 7.05 Å². The van der Waals surface area contributed by atoms with Crippen molar-refractivity contribution in [3.8, 4) is 5.75 Å². The molecule has 1 fully saturated rings. The Kier molecular flexibility index (Phi) is 13.3. The van der Waals surface area contributed by atoms with E-state index in [1.807, 2.05) is 55.5 Å². The van der Waals surface area contributed by atoms with Crippen LogP contribution in [0.2, 0.25) is 0 Å². The van der Waals surface area contributed by atoms with Crippen molar-refractivity contribution < 1.29 is 50.2 Å². The summed E-state index contributed by atoms with van der Waals surface area (Å²) in [6, 6.07) is 15.8. The Morgan fingerprint density at radius 3 is 2.56 bits per heavy atom. The van der Waals surface area contributed by atoms with Gasteiger partial charge in [-0.3, -0.25) is 4.79 Å². The third-order valence-electron chi connectivity index (χ3n) is 4.71. The topological polar surface area (TPSA) is 108 Å². The molecule has 3 aromatic rings. The molecule has 0 spiro atoms. The number of hydrogen-bond donors (Lipinski definition) is 3. The molecule has 4 N–H and O–H groups in total. The number of furan rings is 1. The number of amides is 1. The maximum absolute atomic E-state index is 12.7. The van der Waals surface area contributed by atoms with Crippen LogP contribution in [-0.4, -0.2) is 43.8 Å². The van der Waals surface area contributed by atoms with Gasteiger partial charge in [-0.05, 0) is 50.6 Å². The number of carbonyl (C=O) groups is 1. The van der Waals surface area contributed by atoms with E-state index in [2.05, 4.69) is 10.6 Å². The zero-order chi connectivity index (χ0) is 22.6. The second-order valence-corrected chi connectivity index (χ2v) is 6.94. The van der Waals surface area contributed by atoms with E-state index in [0.717, 1.165) is 36.2 Å². The van der Waals surface area contributed by atoms with E-state index in [0.29, 0.717) is 23.5 Å². The van der Waals surface area contributed by atoms with Gasteiger partial charge in [-0.2, -0.15) is 7.05 Å². The SMILES string of the molecule is CCO.C[NH-].Cc1oc2ccc(OCc3ccccc3)cc2c1C(=O)NC1CCNC1.[U]. The summed E-state index contributed by atoms with van der Waals surface area (Å²) in [5.41, 5.74) is 8.14. The maximum Gasteiger partial charge on any atom is 0.255 e. The van der Waals surface area contributed by atoms with Crippen molar-refractivity contribution in [1.29, 1.82) is 0 Å². The van der Waals surface area contributed by atoms with Crippen molar-refractivity contribution in [3.63, 3.8) is 0 Å². The fourth-order valence-electron chi connectivity index (χ4n) is 3.35. The minimum atomic E-state index is -0.0878. The smallest absolute Gasteiger partial charge is 0.255 e. The summed E-state index contributed by atoms with van der Waals surface area (Å²) in [7, 11) is 1.25. The largest absolute Gasteiger partial charge is 0.680 e. The van der Waals surface area contributed by atoms with Gasteiger partial charge in [-0.15, -0.1) is 0 Å². The van der Waals surface area contributed by atoms with Crippen LogP contribution in [0, 0.1) is 38.0 Å². The monoisotopic (exact) mass is 664 g/mol. The molecule has 172 valence electrons. The van der Waals surface area contributed by atoms with Crippen molar-refractivity contribution >= 4 is 16.9 Å². The fourth-order valence-corrected chi connectivity index (χ4v) is 3.35.